The minimum absolute atomic E-state index is 0.0905. The molecule has 6 heteroatoms. The molecule has 1 amide bonds. The lowest BCUT2D eigenvalue weighted by Crippen LogP contribution is -2.29. The summed E-state index contributed by atoms with van der Waals surface area (Å²) in [7, 11) is 0. The quantitative estimate of drug-likeness (QED) is 0.800. The highest BCUT2D eigenvalue weighted by atomic mass is 16.1. The first-order valence-electron chi connectivity index (χ1n) is 8.49. The molecule has 124 valence electrons. The van der Waals surface area contributed by atoms with Gasteiger partial charge in [-0.05, 0) is 50.3 Å². The summed E-state index contributed by atoms with van der Waals surface area (Å²) in [5.41, 5.74) is 4.84. The largest absolute Gasteiger partial charge is 0.349 e. The van der Waals surface area contributed by atoms with Crippen molar-refractivity contribution in [1.82, 2.24) is 24.5 Å². The lowest BCUT2D eigenvalue weighted by Gasteiger charge is -2.14. The van der Waals surface area contributed by atoms with Crippen molar-refractivity contribution >= 4 is 11.6 Å². The van der Waals surface area contributed by atoms with E-state index in [1.54, 1.807) is 0 Å². The molecule has 0 unspecified atom stereocenters. The first-order chi connectivity index (χ1) is 11.7. The molecule has 1 N–H and O–H groups in total. The second-order valence-electron chi connectivity index (χ2n) is 6.28. The number of carbonyl (C=O) groups excluding carboxylic acids is 1. The molecule has 0 bridgehead atoms. The predicted octanol–water partition coefficient (Wildman–Crippen LogP) is 2.15. The van der Waals surface area contributed by atoms with Gasteiger partial charge >= 0.3 is 0 Å². The second kappa shape index (κ2) is 6.11. The van der Waals surface area contributed by atoms with E-state index in [0.717, 1.165) is 24.2 Å². The van der Waals surface area contributed by atoms with E-state index in [4.69, 9.17) is 0 Å². The van der Waals surface area contributed by atoms with E-state index in [1.165, 1.54) is 24.1 Å². The van der Waals surface area contributed by atoms with Crippen molar-refractivity contribution in [3.63, 3.8) is 0 Å². The minimum atomic E-state index is -0.0905. The zero-order valence-electron chi connectivity index (χ0n) is 13.8. The van der Waals surface area contributed by atoms with Crippen molar-refractivity contribution in [2.24, 2.45) is 0 Å². The second-order valence-corrected chi connectivity index (χ2v) is 6.28. The molecule has 1 aliphatic carbocycles. The summed E-state index contributed by atoms with van der Waals surface area (Å²) in [4.78, 5) is 17.0. The highest BCUT2D eigenvalue weighted by Crippen LogP contribution is 2.20. The van der Waals surface area contributed by atoms with Gasteiger partial charge < -0.3 is 5.32 Å². The summed E-state index contributed by atoms with van der Waals surface area (Å²) in [6.45, 7) is 3.13. The third-order valence-electron chi connectivity index (χ3n) is 4.67. The Morgan fingerprint density at radius 2 is 2.17 bits per heavy atom. The summed E-state index contributed by atoms with van der Waals surface area (Å²) in [6.07, 6.45) is 8.55. The minimum Gasteiger partial charge on any atom is -0.349 e. The monoisotopic (exact) mass is 323 g/mol. The summed E-state index contributed by atoms with van der Waals surface area (Å²) in [5, 5.41) is 7.48. The Morgan fingerprint density at radius 3 is 3.08 bits per heavy atom. The number of hydrogen-bond acceptors (Lipinski definition) is 3. The molecule has 0 aromatic carbocycles. The van der Waals surface area contributed by atoms with Gasteiger partial charge in [-0.15, -0.1) is 0 Å². The fourth-order valence-corrected chi connectivity index (χ4v) is 3.49. The molecule has 0 fully saturated rings. The molecule has 24 heavy (non-hydrogen) atoms. The van der Waals surface area contributed by atoms with Crippen LogP contribution in [-0.2, 0) is 19.4 Å². The fraction of sp³-hybridized carbons (Fsp3) is 0.389. The van der Waals surface area contributed by atoms with E-state index in [0.29, 0.717) is 18.8 Å². The normalized spacial score (nSPS) is 13.9. The molecule has 6 nitrogen and oxygen atoms in total. The third kappa shape index (κ3) is 2.58. The van der Waals surface area contributed by atoms with Gasteiger partial charge in [0, 0.05) is 18.4 Å². The number of hydrogen-bond donors (Lipinski definition) is 1. The molecule has 0 spiro atoms. The zero-order chi connectivity index (χ0) is 16.5. The van der Waals surface area contributed by atoms with Crippen LogP contribution in [0.5, 0.6) is 0 Å². The molecule has 1 aliphatic rings. The van der Waals surface area contributed by atoms with Crippen LogP contribution in [0.1, 0.15) is 40.3 Å². The molecule has 3 aromatic rings. The highest BCUT2D eigenvalue weighted by molar-refractivity contribution is 5.94. The standard InChI is InChI=1S/C18H21N5O/c1-13-17(22-10-5-4-8-16(22)21-13)18(24)19-9-11-23-15-7-3-2-6-14(15)12-20-23/h4-5,8,10,12H,2-3,6-7,9,11H2,1H3,(H,19,24). The van der Waals surface area contributed by atoms with Crippen LogP contribution >= 0.6 is 0 Å². The third-order valence-corrected chi connectivity index (χ3v) is 4.67. The van der Waals surface area contributed by atoms with Crippen LogP contribution in [0.25, 0.3) is 5.65 Å². The number of carbonyl (C=O) groups is 1. The Morgan fingerprint density at radius 1 is 1.29 bits per heavy atom. The highest BCUT2D eigenvalue weighted by Gasteiger charge is 2.17. The Hall–Kier alpha value is -2.63. The van der Waals surface area contributed by atoms with Crippen molar-refractivity contribution in [3.05, 3.63) is 53.2 Å². The smallest absolute Gasteiger partial charge is 0.270 e. The SMILES string of the molecule is Cc1nc2ccccn2c1C(=O)NCCn1ncc2c1CCCC2. The average Bonchev–Trinajstić information content (AvgIpc) is 3.15. The summed E-state index contributed by atoms with van der Waals surface area (Å²) >= 11 is 0. The van der Waals surface area contributed by atoms with E-state index >= 15 is 0 Å². The molecular weight excluding hydrogens is 302 g/mol. The lowest BCUT2D eigenvalue weighted by atomic mass is 9.98. The first-order valence-corrected chi connectivity index (χ1v) is 8.49. The van der Waals surface area contributed by atoms with Gasteiger partial charge in [0.1, 0.15) is 11.3 Å². The summed E-state index contributed by atoms with van der Waals surface area (Å²) in [6, 6.07) is 5.73. The van der Waals surface area contributed by atoms with Gasteiger partial charge in [0.25, 0.3) is 5.91 Å². The van der Waals surface area contributed by atoms with Gasteiger partial charge in [0.2, 0.25) is 0 Å². The maximum atomic E-state index is 12.6. The van der Waals surface area contributed by atoms with Crippen LogP contribution in [-0.4, -0.2) is 31.6 Å². The van der Waals surface area contributed by atoms with Gasteiger partial charge in [-0.25, -0.2) is 4.98 Å². The number of nitrogens with zero attached hydrogens (tertiary/aromatic N) is 4. The summed E-state index contributed by atoms with van der Waals surface area (Å²) in [5.74, 6) is -0.0905. The van der Waals surface area contributed by atoms with Gasteiger partial charge in [-0.3, -0.25) is 13.9 Å². The maximum absolute atomic E-state index is 12.6. The van der Waals surface area contributed by atoms with Crippen LogP contribution in [0, 0.1) is 6.92 Å². The molecule has 0 atom stereocenters. The van der Waals surface area contributed by atoms with Gasteiger partial charge in [-0.1, -0.05) is 6.07 Å². The Balaban J connectivity index is 1.45. The van der Waals surface area contributed by atoms with E-state index in [1.807, 2.05) is 46.6 Å². The summed E-state index contributed by atoms with van der Waals surface area (Å²) < 4.78 is 3.87. The van der Waals surface area contributed by atoms with Crippen molar-refractivity contribution in [2.75, 3.05) is 6.54 Å². The van der Waals surface area contributed by atoms with Gasteiger partial charge in [-0.2, -0.15) is 5.10 Å². The Bertz CT molecular complexity index is 892. The number of rotatable bonds is 4. The van der Waals surface area contributed by atoms with Crippen LogP contribution in [0.15, 0.2) is 30.6 Å². The van der Waals surface area contributed by atoms with Crippen molar-refractivity contribution < 1.29 is 4.79 Å². The van der Waals surface area contributed by atoms with Crippen LogP contribution in [0.2, 0.25) is 0 Å². The Kier molecular flexibility index (Phi) is 3.80. The van der Waals surface area contributed by atoms with Crippen molar-refractivity contribution in [1.29, 1.82) is 0 Å². The molecule has 3 heterocycles. The molecule has 0 saturated heterocycles. The van der Waals surface area contributed by atoms with Crippen molar-refractivity contribution in [3.8, 4) is 0 Å². The Labute approximate surface area is 140 Å². The van der Waals surface area contributed by atoms with E-state index in [9.17, 15) is 4.79 Å². The van der Waals surface area contributed by atoms with Crippen LogP contribution < -0.4 is 5.32 Å². The molecular formula is C18H21N5O. The number of fused-ring (bicyclic) bond motifs is 2. The van der Waals surface area contributed by atoms with Crippen molar-refractivity contribution in [2.45, 2.75) is 39.2 Å². The fourth-order valence-electron chi connectivity index (χ4n) is 3.49. The van der Waals surface area contributed by atoms with E-state index in [2.05, 4.69) is 15.4 Å². The molecule has 0 radical (unpaired) electrons. The number of imidazole rings is 1. The van der Waals surface area contributed by atoms with Gasteiger partial charge in [0.15, 0.2) is 0 Å². The number of aromatic nitrogens is 4. The predicted molar refractivity (Wildman–Crippen MR) is 91.1 cm³/mol. The van der Waals surface area contributed by atoms with Gasteiger partial charge in [0.05, 0.1) is 18.4 Å². The first kappa shape index (κ1) is 14.9. The number of pyridine rings is 1. The average molecular weight is 323 g/mol. The van der Waals surface area contributed by atoms with Crippen LogP contribution in [0.4, 0.5) is 0 Å². The molecule has 3 aromatic heterocycles. The molecule has 4 rings (SSSR count). The maximum Gasteiger partial charge on any atom is 0.270 e. The van der Waals surface area contributed by atoms with E-state index in [-0.39, 0.29) is 5.91 Å². The number of amides is 1. The van der Waals surface area contributed by atoms with E-state index < -0.39 is 0 Å². The number of nitrogens with one attached hydrogen (secondary N) is 1. The lowest BCUT2D eigenvalue weighted by molar-refractivity contribution is 0.0945. The van der Waals surface area contributed by atoms with Crippen LogP contribution in [0.3, 0.4) is 0 Å². The molecule has 0 aliphatic heterocycles. The topological polar surface area (TPSA) is 64.2 Å². The zero-order valence-corrected chi connectivity index (χ0v) is 13.8. The molecule has 0 saturated carbocycles. The number of aryl methyl sites for hydroxylation is 2.